The monoisotopic (exact) mass is 344 g/mol. The lowest BCUT2D eigenvalue weighted by atomic mass is 10.1. The highest BCUT2D eigenvalue weighted by atomic mass is 16.7. The number of rotatable bonds is 3. The van der Waals surface area contributed by atoms with Crippen LogP contribution in [0.5, 0.6) is 0 Å². The van der Waals surface area contributed by atoms with Gasteiger partial charge in [0.1, 0.15) is 0 Å². The number of esters is 2. The maximum atomic E-state index is 12.6. The molecule has 7 nitrogen and oxygen atoms in total. The average molecular weight is 344 g/mol. The quantitative estimate of drug-likeness (QED) is 0.513. The van der Waals surface area contributed by atoms with Crippen LogP contribution in [0.2, 0.25) is 0 Å². The number of hydrogen-bond acceptors (Lipinski definition) is 6. The van der Waals surface area contributed by atoms with Crippen molar-refractivity contribution in [2.75, 3.05) is 18.4 Å². The van der Waals surface area contributed by atoms with Crippen LogP contribution in [0.4, 0.5) is 5.69 Å². The number of anilines is 1. The summed E-state index contributed by atoms with van der Waals surface area (Å²) in [6.45, 7) is 4.44. The molecule has 0 bridgehead atoms. The molecule has 2 aliphatic rings. The van der Waals surface area contributed by atoms with Gasteiger partial charge in [-0.15, -0.1) is 0 Å². The molecule has 0 atom stereocenters. The van der Waals surface area contributed by atoms with Gasteiger partial charge in [0.2, 0.25) is 0 Å². The van der Waals surface area contributed by atoms with Gasteiger partial charge in [0.25, 0.3) is 11.7 Å². The number of hydrogen-bond donors (Lipinski definition) is 1. The van der Waals surface area contributed by atoms with Crippen molar-refractivity contribution >= 4 is 23.5 Å². The molecule has 1 aromatic rings. The summed E-state index contributed by atoms with van der Waals surface area (Å²) in [5, 5.41) is 2.86. The Kier molecular flexibility index (Phi) is 4.48. The first-order chi connectivity index (χ1) is 11.9. The molecule has 2 aliphatic heterocycles. The van der Waals surface area contributed by atoms with Crippen molar-refractivity contribution in [3.63, 3.8) is 0 Å². The predicted molar refractivity (Wildman–Crippen MR) is 89.5 cm³/mol. The molecule has 0 aliphatic carbocycles. The highest BCUT2D eigenvalue weighted by Crippen LogP contribution is 2.24. The van der Waals surface area contributed by atoms with Gasteiger partial charge in [-0.05, 0) is 25.0 Å². The summed E-state index contributed by atoms with van der Waals surface area (Å²) >= 11 is 0. The number of para-hydroxylation sites is 1. The van der Waals surface area contributed by atoms with Crippen LogP contribution in [-0.2, 0) is 19.1 Å². The lowest BCUT2D eigenvalue weighted by Crippen LogP contribution is -2.42. The number of carbonyl (C=O) groups excluding carboxylic acids is 3. The number of cyclic esters (lactones) is 2. The van der Waals surface area contributed by atoms with Crippen molar-refractivity contribution in [3.8, 4) is 0 Å². The van der Waals surface area contributed by atoms with E-state index in [0.717, 1.165) is 25.9 Å². The molecule has 1 aromatic carbocycles. The summed E-state index contributed by atoms with van der Waals surface area (Å²) in [5.74, 6) is -2.89. The maximum Gasteiger partial charge on any atom is 0.350 e. The highest BCUT2D eigenvalue weighted by Gasteiger charge is 2.39. The van der Waals surface area contributed by atoms with Gasteiger partial charge in [-0.1, -0.05) is 12.1 Å². The minimum Gasteiger partial charge on any atom is -0.419 e. The summed E-state index contributed by atoms with van der Waals surface area (Å²) in [5.41, 5.74) is 0.749. The fourth-order valence-electron chi connectivity index (χ4n) is 2.81. The summed E-state index contributed by atoms with van der Waals surface area (Å²) in [6.07, 6.45) is 3.22. The van der Waals surface area contributed by atoms with E-state index in [2.05, 4.69) is 5.32 Å². The molecule has 7 heteroatoms. The first-order valence-corrected chi connectivity index (χ1v) is 8.19. The van der Waals surface area contributed by atoms with Crippen LogP contribution in [0.1, 0.15) is 37.0 Å². The fraction of sp³-hybridized carbons (Fsp3) is 0.389. The van der Waals surface area contributed by atoms with E-state index < -0.39 is 17.7 Å². The molecule has 0 aromatic heterocycles. The SMILES string of the molecule is CC1(C)OC(=O)C(=CNc2ccccc2C(=O)N2CCCC2)C(=O)O1. The number of likely N-dealkylation sites (tertiary alicyclic amines) is 1. The van der Waals surface area contributed by atoms with E-state index in [1.54, 1.807) is 29.2 Å². The molecule has 2 heterocycles. The van der Waals surface area contributed by atoms with E-state index in [0.29, 0.717) is 11.3 Å². The molecule has 2 saturated heterocycles. The Balaban J connectivity index is 1.81. The van der Waals surface area contributed by atoms with E-state index in [-0.39, 0.29) is 11.5 Å². The van der Waals surface area contributed by atoms with Crippen LogP contribution in [-0.4, -0.2) is 41.6 Å². The predicted octanol–water partition coefficient (Wildman–Crippen LogP) is 2.05. The molecule has 0 radical (unpaired) electrons. The maximum absolute atomic E-state index is 12.6. The number of ether oxygens (including phenoxy) is 2. The molecule has 1 amide bonds. The van der Waals surface area contributed by atoms with Gasteiger partial charge in [0, 0.05) is 33.1 Å². The Labute approximate surface area is 145 Å². The first-order valence-electron chi connectivity index (χ1n) is 8.19. The Morgan fingerprint density at radius 1 is 1.12 bits per heavy atom. The topological polar surface area (TPSA) is 84.9 Å². The van der Waals surface area contributed by atoms with Gasteiger partial charge < -0.3 is 19.7 Å². The number of carbonyl (C=O) groups is 3. The second-order valence-electron chi connectivity index (χ2n) is 6.43. The number of nitrogens with one attached hydrogen (secondary N) is 1. The van der Waals surface area contributed by atoms with E-state index in [1.165, 1.54) is 20.0 Å². The molecule has 0 unspecified atom stereocenters. The summed E-state index contributed by atoms with van der Waals surface area (Å²) in [4.78, 5) is 38.3. The number of nitrogens with zero attached hydrogens (tertiary/aromatic N) is 1. The average Bonchev–Trinajstić information content (AvgIpc) is 3.07. The summed E-state index contributed by atoms with van der Waals surface area (Å²) in [7, 11) is 0. The third-order valence-corrected chi connectivity index (χ3v) is 4.04. The van der Waals surface area contributed by atoms with Gasteiger partial charge in [-0.25, -0.2) is 9.59 Å². The van der Waals surface area contributed by atoms with Crippen LogP contribution in [0, 0.1) is 0 Å². The molecular formula is C18H20N2O5. The largest absolute Gasteiger partial charge is 0.419 e. The van der Waals surface area contributed by atoms with E-state index in [1.807, 2.05) is 0 Å². The molecule has 25 heavy (non-hydrogen) atoms. The Morgan fingerprint density at radius 2 is 1.72 bits per heavy atom. The smallest absolute Gasteiger partial charge is 0.350 e. The Morgan fingerprint density at radius 3 is 2.36 bits per heavy atom. The summed E-state index contributed by atoms with van der Waals surface area (Å²) < 4.78 is 10.1. The van der Waals surface area contributed by atoms with Crippen molar-refractivity contribution in [2.45, 2.75) is 32.5 Å². The van der Waals surface area contributed by atoms with Gasteiger partial charge in [-0.3, -0.25) is 4.79 Å². The molecule has 132 valence electrons. The minimum atomic E-state index is -1.28. The lowest BCUT2D eigenvalue weighted by molar-refractivity contribution is -0.222. The second kappa shape index (κ2) is 6.58. The van der Waals surface area contributed by atoms with Crippen molar-refractivity contribution in [3.05, 3.63) is 41.6 Å². The van der Waals surface area contributed by atoms with Crippen molar-refractivity contribution in [1.82, 2.24) is 4.90 Å². The third kappa shape index (κ3) is 3.65. The molecular weight excluding hydrogens is 324 g/mol. The lowest BCUT2D eigenvalue weighted by Gasteiger charge is -2.29. The van der Waals surface area contributed by atoms with Crippen LogP contribution < -0.4 is 5.32 Å². The van der Waals surface area contributed by atoms with Gasteiger partial charge in [-0.2, -0.15) is 0 Å². The van der Waals surface area contributed by atoms with Crippen LogP contribution in [0.25, 0.3) is 0 Å². The van der Waals surface area contributed by atoms with Crippen LogP contribution >= 0.6 is 0 Å². The number of amides is 1. The van der Waals surface area contributed by atoms with Crippen molar-refractivity contribution < 1.29 is 23.9 Å². The van der Waals surface area contributed by atoms with E-state index >= 15 is 0 Å². The van der Waals surface area contributed by atoms with Crippen molar-refractivity contribution in [2.24, 2.45) is 0 Å². The van der Waals surface area contributed by atoms with E-state index in [4.69, 9.17) is 9.47 Å². The number of benzene rings is 1. The molecule has 0 spiro atoms. The standard InChI is InChI=1S/C18H20N2O5/c1-18(2)24-16(22)13(17(23)25-18)11-19-14-8-4-3-7-12(14)15(21)20-9-5-6-10-20/h3-4,7-8,11,19H,5-6,9-10H2,1-2H3. The van der Waals surface area contributed by atoms with Crippen LogP contribution in [0.3, 0.4) is 0 Å². The molecule has 3 rings (SSSR count). The summed E-state index contributed by atoms with van der Waals surface area (Å²) in [6, 6.07) is 6.96. The highest BCUT2D eigenvalue weighted by molar-refractivity contribution is 6.15. The van der Waals surface area contributed by atoms with Gasteiger partial charge in [0.05, 0.1) is 11.3 Å². The first kappa shape index (κ1) is 17.0. The van der Waals surface area contributed by atoms with Crippen molar-refractivity contribution in [1.29, 1.82) is 0 Å². The van der Waals surface area contributed by atoms with Gasteiger partial charge in [0.15, 0.2) is 5.57 Å². The third-order valence-electron chi connectivity index (χ3n) is 4.04. The fourth-order valence-corrected chi connectivity index (χ4v) is 2.81. The molecule has 0 saturated carbocycles. The second-order valence-corrected chi connectivity index (χ2v) is 6.43. The zero-order valence-electron chi connectivity index (χ0n) is 14.2. The molecule has 1 N–H and O–H groups in total. The minimum absolute atomic E-state index is 0.0751. The Hall–Kier alpha value is -2.83. The Bertz CT molecular complexity index is 726. The van der Waals surface area contributed by atoms with Gasteiger partial charge >= 0.3 is 11.9 Å². The zero-order valence-corrected chi connectivity index (χ0v) is 14.2. The van der Waals surface area contributed by atoms with Crippen LogP contribution in [0.15, 0.2) is 36.0 Å². The normalized spacial score (nSPS) is 19.3. The van der Waals surface area contributed by atoms with E-state index in [9.17, 15) is 14.4 Å². The zero-order chi connectivity index (χ0) is 18.0. The molecule has 2 fully saturated rings.